The summed E-state index contributed by atoms with van der Waals surface area (Å²) in [5.41, 5.74) is 2.47. The highest BCUT2D eigenvalue weighted by atomic mass is 32.2. The normalized spacial score (nSPS) is 10.6. The lowest BCUT2D eigenvalue weighted by molar-refractivity contribution is 0.323. The summed E-state index contributed by atoms with van der Waals surface area (Å²) in [5, 5.41) is 0. The van der Waals surface area contributed by atoms with Gasteiger partial charge in [-0.2, -0.15) is 0 Å². The molecule has 0 aliphatic carbocycles. The molecule has 9 nitrogen and oxygen atoms in total. The molecule has 1 N–H and O–H groups in total. The van der Waals surface area contributed by atoms with Crippen LogP contribution in [0.1, 0.15) is 11.1 Å². The first kappa shape index (κ1) is 28.5. The zero-order valence-corrected chi connectivity index (χ0v) is 23.6. The summed E-state index contributed by atoms with van der Waals surface area (Å²) in [6.07, 6.45) is 3.90. The molecule has 204 valence electrons. The predicted octanol–water partition coefficient (Wildman–Crippen LogP) is 6.05. The van der Waals surface area contributed by atoms with Crippen LogP contribution in [0.5, 0.6) is 46.0 Å². The standard InChI is InChI=1S/C28H33NO8S/c1-30-21-12-17(9-10-18-13-22(31-2)27(36-7)23(14-18)32-3)11-20(26(21)35-6)29-38-19-15-24(33-4)28(37-8)25(16-19)34-5/h9-16,29H,1-8H3/b10-9-. The van der Waals surface area contributed by atoms with E-state index in [1.165, 1.54) is 11.9 Å². The van der Waals surface area contributed by atoms with Crippen molar-refractivity contribution < 1.29 is 37.9 Å². The van der Waals surface area contributed by atoms with E-state index in [4.69, 9.17) is 37.9 Å². The van der Waals surface area contributed by atoms with E-state index in [1.807, 2.05) is 48.6 Å². The minimum Gasteiger partial charge on any atom is -0.493 e. The first-order valence-electron chi connectivity index (χ1n) is 11.4. The molecule has 0 fully saturated rings. The van der Waals surface area contributed by atoms with Gasteiger partial charge in [-0.15, -0.1) is 0 Å². The number of ether oxygens (including phenoxy) is 8. The van der Waals surface area contributed by atoms with E-state index < -0.39 is 0 Å². The molecule has 0 heterocycles. The van der Waals surface area contributed by atoms with Gasteiger partial charge in [-0.25, -0.2) is 0 Å². The Balaban J connectivity index is 1.95. The second kappa shape index (κ2) is 13.5. The van der Waals surface area contributed by atoms with E-state index >= 15 is 0 Å². The molecule has 0 aromatic heterocycles. The first-order valence-corrected chi connectivity index (χ1v) is 12.2. The zero-order chi connectivity index (χ0) is 27.7. The number of rotatable bonds is 13. The maximum absolute atomic E-state index is 5.64. The van der Waals surface area contributed by atoms with E-state index in [0.717, 1.165) is 21.7 Å². The Bertz CT molecular complexity index is 1230. The minimum absolute atomic E-state index is 0.525. The van der Waals surface area contributed by atoms with Gasteiger partial charge in [-0.05, 0) is 59.5 Å². The van der Waals surface area contributed by atoms with Gasteiger partial charge in [-0.1, -0.05) is 12.2 Å². The topological polar surface area (TPSA) is 85.9 Å². The molecule has 10 heteroatoms. The molecule has 0 saturated heterocycles. The van der Waals surface area contributed by atoms with Crippen LogP contribution in [0, 0.1) is 0 Å². The van der Waals surface area contributed by atoms with Crippen molar-refractivity contribution in [1.82, 2.24) is 0 Å². The lowest BCUT2D eigenvalue weighted by atomic mass is 10.1. The van der Waals surface area contributed by atoms with Crippen molar-refractivity contribution in [2.24, 2.45) is 0 Å². The van der Waals surface area contributed by atoms with Gasteiger partial charge in [0.05, 0.1) is 62.6 Å². The fraction of sp³-hybridized carbons (Fsp3) is 0.286. The number of anilines is 1. The van der Waals surface area contributed by atoms with E-state index in [-0.39, 0.29) is 0 Å². The van der Waals surface area contributed by atoms with Crippen LogP contribution < -0.4 is 42.6 Å². The number of methoxy groups -OCH3 is 8. The van der Waals surface area contributed by atoms with Crippen molar-refractivity contribution in [2.75, 3.05) is 61.6 Å². The molecule has 0 aliphatic rings. The van der Waals surface area contributed by atoms with Crippen LogP contribution in [0.15, 0.2) is 41.3 Å². The smallest absolute Gasteiger partial charge is 0.203 e. The van der Waals surface area contributed by atoms with Gasteiger partial charge >= 0.3 is 0 Å². The molecule has 0 amide bonds. The molecule has 0 unspecified atom stereocenters. The molecule has 38 heavy (non-hydrogen) atoms. The monoisotopic (exact) mass is 543 g/mol. The Morgan fingerprint density at radius 2 is 0.842 bits per heavy atom. The van der Waals surface area contributed by atoms with Crippen molar-refractivity contribution in [3.63, 3.8) is 0 Å². The molecule has 0 atom stereocenters. The van der Waals surface area contributed by atoms with Crippen LogP contribution in [-0.2, 0) is 0 Å². The Morgan fingerprint density at radius 3 is 1.24 bits per heavy atom. The number of nitrogens with one attached hydrogen (secondary N) is 1. The summed E-state index contributed by atoms with van der Waals surface area (Å²) in [7, 11) is 12.7. The summed E-state index contributed by atoms with van der Waals surface area (Å²) >= 11 is 1.37. The first-order chi connectivity index (χ1) is 18.5. The summed E-state index contributed by atoms with van der Waals surface area (Å²) < 4.78 is 47.3. The third-order valence-electron chi connectivity index (χ3n) is 5.57. The average molecular weight is 544 g/mol. The minimum atomic E-state index is 0.525. The molecule has 3 aromatic rings. The molecule has 0 bridgehead atoms. The van der Waals surface area contributed by atoms with Gasteiger partial charge in [0.2, 0.25) is 11.5 Å². The Labute approximate surface area is 227 Å². The van der Waals surface area contributed by atoms with Crippen molar-refractivity contribution in [2.45, 2.75) is 4.90 Å². The second-order valence-electron chi connectivity index (χ2n) is 7.66. The number of benzene rings is 3. The van der Waals surface area contributed by atoms with E-state index in [9.17, 15) is 0 Å². The zero-order valence-electron chi connectivity index (χ0n) is 22.8. The van der Waals surface area contributed by atoms with Crippen LogP contribution in [0.25, 0.3) is 12.2 Å². The molecule has 0 saturated carbocycles. The van der Waals surface area contributed by atoms with Crippen molar-refractivity contribution in [3.05, 3.63) is 47.5 Å². The predicted molar refractivity (Wildman–Crippen MR) is 150 cm³/mol. The number of hydrogen-bond acceptors (Lipinski definition) is 10. The van der Waals surface area contributed by atoms with Gasteiger partial charge in [0.15, 0.2) is 34.5 Å². The Morgan fingerprint density at radius 1 is 0.474 bits per heavy atom. The van der Waals surface area contributed by atoms with Gasteiger partial charge < -0.3 is 42.6 Å². The fourth-order valence-electron chi connectivity index (χ4n) is 3.78. The summed E-state index contributed by atoms with van der Waals surface area (Å²) in [6, 6.07) is 11.3. The highest BCUT2D eigenvalue weighted by Crippen LogP contribution is 2.44. The van der Waals surface area contributed by atoms with Crippen LogP contribution in [0.3, 0.4) is 0 Å². The maximum Gasteiger partial charge on any atom is 0.203 e. The third kappa shape index (κ3) is 6.25. The van der Waals surface area contributed by atoms with Crippen LogP contribution in [0.4, 0.5) is 5.69 Å². The second-order valence-corrected chi connectivity index (χ2v) is 8.54. The Hall–Kier alpha value is -4.05. The fourth-order valence-corrected chi connectivity index (χ4v) is 4.49. The molecule has 3 rings (SSSR count). The SMILES string of the molecule is COc1cc(/C=C\c2cc(OC)c(OC)c(OC)c2)cc(NSc2cc(OC)c(OC)c(OC)c2)c1OC. The summed E-state index contributed by atoms with van der Waals surface area (Å²) in [5.74, 6) is 4.47. The largest absolute Gasteiger partial charge is 0.493 e. The molecular formula is C28H33NO8S. The molecule has 0 radical (unpaired) electrons. The van der Waals surface area contributed by atoms with Crippen LogP contribution >= 0.6 is 11.9 Å². The van der Waals surface area contributed by atoms with Crippen molar-refractivity contribution in [1.29, 1.82) is 0 Å². The average Bonchev–Trinajstić information content (AvgIpc) is 2.96. The van der Waals surface area contributed by atoms with Gasteiger partial charge in [0.1, 0.15) is 0 Å². The van der Waals surface area contributed by atoms with E-state index in [1.54, 1.807) is 56.9 Å². The highest BCUT2D eigenvalue weighted by molar-refractivity contribution is 8.00. The molecular weight excluding hydrogens is 510 g/mol. The van der Waals surface area contributed by atoms with E-state index in [0.29, 0.717) is 46.0 Å². The Kier molecular flexibility index (Phi) is 10.1. The summed E-state index contributed by atoms with van der Waals surface area (Å²) in [6.45, 7) is 0. The van der Waals surface area contributed by atoms with E-state index in [2.05, 4.69) is 4.72 Å². The van der Waals surface area contributed by atoms with Crippen molar-refractivity contribution >= 4 is 29.8 Å². The highest BCUT2D eigenvalue weighted by Gasteiger charge is 2.16. The quantitative estimate of drug-likeness (QED) is 0.203. The summed E-state index contributed by atoms with van der Waals surface area (Å²) in [4.78, 5) is 0.846. The molecule has 0 aliphatic heterocycles. The third-order valence-corrected chi connectivity index (χ3v) is 6.37. The number of hydrogen-bond donors (Lipinski definition) is 1. The van der Waals surface area contributed by atoms with Gasteiger partial charge in [-0.3, -0.25) is 0 Å². The lowest BCUT2D eigenvalue weighted by Crippen LogP contribution is -1.98. The maximum atomic E-state index is 5.64. The van der Waals surface area contributed by atoms with Crippen LogP contribution in [0.2, 0.25) is 0 Å². The molecule has 3 aromatic carbocycles. The lowest BCUT2D eigenvalue weighted by Gasteiger charge is -2.17. The molecule has 0 spiro atoms. The van der Waals surface area contributed by atoms with Crippen molar-refractivity contribution in [3.8, 4) is 46.0 Å². The van der Waals surface area contributed by atoms with Crippen LogP contribution in [-0.4, -0.2) is 56.9 Å². The van der Waals surface area contributed by atoms with Gasteiger partial charge in [0.25, 0.3) is 0 Å². The van der Waals surface area contributed by atoms with Gasteiger partial charge in [0, 0.05) is 4.90 Å².